The van der Waals surface area contributed by atoms with Gasteiger partial charge in [0.2, 0.25) is 0 Å². The van der Waals surface area contributed by atoms with Gasteiger partial charge in [0.05, 0.1) is 0 Å². The third kappa shape index (κ3) is 2.50. The van der Waals surface area contributed by atoms with Crippen molar-refractivity contribution in [2.75, 3.05) is 7.05 Å². The second kappa shape index (κ2) is 5.54. The molecule has 2 aromatic carbocycles. The van der Waals surface area contributed by atoms with Gasteiger partial charge in [-0.3, -0.25) is 4.90 Å². The molecule has 4 nitrogen and oxygen atoms in total. The molecular weight excluding hydrogens is 302 g/mol. The zero-order valence-electron chi connectivity index (χ0n) is 12.3. The summed E-state index contributed by atoms with van der Waals surface area (Å²) >= 11 is 6.24. The van der Waals surface area contributed by atoms with Gasteiger partial charge in [0, 0.05) is 29.6 Å². The fourth-order valence-corrected chi connectivity index (χ4v) is 2.96. The van der Waals surface area contributed by atoms with Crippen molar-refractivity contribution >= 4 is 17.7 Å². The number of amides is 1. The lowest BCUT2D eigenvalue weighted by Gasteiger charge is -2.21. The molecule has 3 rings (SSSR count). The van der Waals surface area contributed by atoms with E-state index in [4.69, 9.17) is 21.4 Å². The highest BCUT2D eigenvalue weighted by Gasteiger charge is 2.31. The lowest BCUT2D eigenvalue weighted by molar-refractivity contribution is 0.0610. The van der Waals surface area contributed by atoms with E-state index in [2.05, 4.69) is 0 Å². The minimum Gasteiger partial charge on any atom is -0.469 e. The average molecular weight is 318 g/mol. The summed E-state index contributed by atoms with van der Waals surface area (Å²) in [7, 11) is 1.51. The molecule has 1 aliphatic heterocycles. The van der Waals surface area contributed by atoms with Gasteiger partial charge in [-0.1, -0.05) is 35.9 Å². The number of carbonyl (C=O) groups is 1. The van der Waals surface area contributed by atoms with Crippen LogP contribution in [0.5, 0.6) is 5.75 Å². The normalized spacial score (nSPS) is 16.0. The second-order valence-corrected chi connectivity index (χ2v) is 5.86. The van der Waals surface area contributed by atoms with Crippen LogP contribution in [0.1, 0.15) is 11.1 Å². The van der Waals surface area contributed by atoms with E-state index in [9.17, 15) is 4.79 Å². The van der Waals surface area contributed by atoms with Crippen LogP contribution in [0.15, 0.2) is 36.4 Å². The summed E-state index contributed by atoms with van der Waals surface area (Å²) in [5.41, 5.74) is 4.00. The van der Waals surface area contributed by atoms with Crippen molar-refractivity contribution in [2.45, 2.75) is 19.6 Å². The van der Waals surface area contributed by atoms with E-state index in [-0.39, 0.29) is 0 Å². The Morgan fingerprint density at radius 1 is 1.32 bits per heavy atom. The highest BCUT2D eigenvalue weighted by atomic mass is 35.5. The van der Waals surface area contributed by atoms with E-state index < -0.39 is 12.3 Å². The van der Waals surface area contributed by atoms with Crippen molar-refractivity contribution in [1.82, 2.24) is 4.90 Å². The largest absolute Gasteiger partial charge is 0.469 e. The lowest BCUT2D eigenvalue weighted by Crippen LogP contribution is -2.38. The molecule has 0 aromatic heterocycles. The summed E-state index contributed by atoms with van der Waals surface area (Å²) in [4.78, 5) is 12.3. The van der Waals surface area contributed by atoms with Gasteiger partial charge >= 0.3 is 6.09 Å². The van der Waals surface area contributed by atoms with Gasteiger partial charge in [-0.05, 0) is 30.2 Å². The van der Waals surface area contributed by atoms with Crippen molar-refractivity contribution in [3.63, 3.8) is 0 Å². The first-order chi connectivity index (χ1) is 10.5. The van der Waals surface area contributed by atoms with Crippen LogP contribution in [0.25, 0.3) is 11.1 Å². The number of aryl methyl sites for hydroxylation is 1. The predicted molar refractivity (Wildman–Crippen MR) is 85.5 cm³/mol. The summed E-state index contributed by atoms with van der Waals surface area (Å²) in [6, 6.07) is 11.7. The zero-order valence-corrected chi connectivity index (χ0v) is 13.1. The minimum absolute atomic E-state index is 0.498. The maximum atomic E-state index is 11.1. The number of benzene rings is 2. The summed E-state index contributed by atoms with van der Waals surface area (Å²) in [6.07, 6.45) is -1.03. The molecule has 5 heteroatoms. The SMILES string of the molecule is Cc1ccccc1-c1cc(Cl)cc2c1OC(N(C)C(=O)O)C2. The third-order valence-corrected chi connectivity index (χ3v) is 4.17. The second-order valence-electron chi connectivity index (χ2n) is 5.43. The number of ether oxygens (including phenoxy) is 1. The van der Waals surface area contributed by atoms with E-state index >= 15 is 0 Å². The Balaban J connectivity index is 2.07. The summed E-state index contributed by atoms with van der Waals surface area (Å²) in [5.74, 6) is 0.719. The molecular formula is C17H16ClNO3. The molecule has 1 unspecified atom stereocenters. The summed E-state index contributed by atoms with van der Waals surface area (Å²) in [6.45, 7) is 2.03. The number of carboxylic acid groups (broad SMARTS) is 1. The number of hydrogen-bond acceptors (Lipinski definition) is 2. The fraction of sp³-hybridized carbons (Fsp3) is 0.235. The Bertz CT molecular complexity index is 745. The van der Waals surface area contributed by atoms with Crippen molar-refractivity contribution < 1.29 is 14.6 Å². The molecule has 0 bridgehead atoms. The average Bonchev–Trinajstić information content (AvgIpc) is 2.89. The van der Waals surface area contributed by atoms with E-state index in [1.54, 1.807) is 0 Å². The van der Waals surface area contributed by atoms with Crippen LogP contribution in [-0.2, 0) is 6.42 Å². The van der Waals surface area contributed by atoms with E-state index in [0.717, 1.165) is 28.0 Å². The Morgan fingerprint density at radius 2 is 2.05 bits per heavy atom. The Kier molecular flexibility index (Phi) is 3.71. The molecule has 22 heavy (non-hydrogen) atoms. The number of hydrogen-bond donors (Lipinski definition) is 1. The number of rotatable bonds is 2. The molecule has 1 atom stereocenters. The number of fused-ring (bicyclic) bond motifs is 1. The van der Waals surface area contributed by atoms with Crippen LogP contribution in [0.3, 0.4) is 0 Å². The Morgan fingerprint density at radius 3 is 2.73 bits per heavy atom. The maximum Gasteiger partial charge on any atom is 0.409 e. The summed E-state index contributed by atoms with van der Waals surface area (Å²) in [5, 5.41) is 9.75. The Hall–Kier alpha value is -2.20. The number of likely N-dealkylation sites (N-methyl/N-ethyl adjacent to an activating group) is 1. The quantitative estimate of drug-likeness (QED) is 0.903. The zero-order chi connectivity index (χ0) is 15.9. The first-order valence-corrected chi connectivity index (χ1v) is 7.36. The fourth-order valence-electron chi connectivity index (χ4n) is 2.72. The topological polar surface area (TPSA) is 49.8 Å². The van der Waals surface area contributed by atoms with Crippen LogP contribution in [-0.4, -0.2) is 29.4 Å². The van der Waals surface area contributed by atoms with Crippen LogP contribution in [0.4, 0.5) is 4.79 Å². The lowest BCUT2D eigenvalue weighted by atomic mass is 9.97. The highest BCUT2D eigenvalue weighted by Crippen LogP contribution is 2.42. The van der Waals surface area contributed by atoms with Gasteiger partial charge in [0.15, 0.2) is 6.23 Å². The number of halogens is 1. The molecule has 1 heterocycles. The van der Waals surface area contributed by atoms with Gasteiger partial charge in [0.25, 0.3) is 0 Å². The molecule has 0 fully saturated rings. The molecule has 0 saturated heterocycles. The maximum absolute atomic E-state index is 11.1. The number of nitrogens with zero attached hydrogens (tertiary/aromatic N) is 1. The van der Waals surface area contributed by atoms with Crippen LogP contribution in [0.2, 0.25) is 5.02 Å². The van der Waals surface area contributed by atoms with Crippen LogP contribution in [0, 0.1) is 6.92 Å². The molecule has 1 amide bonds. The first kappa shape index (κ1) is 14.7. The van der Waals surface area contributed by atoms with Gasteiger partial charge in [-0.2, -0.15) is 0 Å². The molecule has 1 aliphatic rings. The monoisotopic (exact) mass is 317 g/mol. The van der Waals surface area contributed by atoms with Crippen molar-refractivity contribution in [3.8, 4) is 16.9 Å². The molecule has 114 valence electrons. The molecule has 1 N–H and O–H groups in total. The first-order valence-electron chi connectivity index (χ1n) is 6.98. The Labute approximate surface area is 133 Å². The van der Waals surface area contributed by atoms with Crippen LogP contribution < -0.4 is 4.74 Å². The van der Waals surface area contributed by atoms with Crippen molar-refractivity contribution in [1.29, 1.82) is 0 Å². The van der Waals surface area contributed by atoms with Gasteiger partial charge in [-0.15, -0.1) is 0 Å². The van der Waals surface area contributed by atoms with E-state index in [1.165, 1.54) is 11.9 Å². The molecule has 0 radical (unpaired) electrons. The summed E-state index contributed by atoms with van der Waals surface area (Å²) < 4.78 is 5.91. The standard InChI is InChI=1S/C17H16ClNO3/c1-10-5-3-4-6-13(10)14-9-12(18)7-11-8-15(22-16(11)14)19(2)17(20)21/h3-7,9,15H,8H2,1-2H3,(H,20,21). The van der Waals surface area contributed by atoms with Crippen molar-refractivity contribution in [2.24, 2.45) is 0 Å². The van der Waals surface area contributed by atoms with Gasteiger partial charge in [0.1, 0.15) is 5.75 Å². The molecule has 0 spiro atoms. The third-order valence-electron chi connectivity index (χ3n) is 3.95. The predicted octanol–water partition coefficient (Wildman–Crippen LogP) is 4.19. The van der Waals surface area contributed by atoms with Crippen molar-refractivity contribution in [3.05, 3.63) is 52.5 Å². The van der Waals surface area contributed by atoms with Gasteiger partial charge in [-0.25, -0.2) is 4.79 Å². The molecule has 0 aliphatic carbocycles. The molecule has 0 saturated carbocycles. The smallest absolute Gasteiger partial charge is 0.409 e. The van der Waals surface area contributed by atoms with E-state index in [1.807, 2.05) is 43.3 Å². The van der Waals surface area contributed by atoms with Gasteiger partial charge < -0.3 is 9.84 Å². The van der Waals surface area contributed by atoms with E-state index in [0.29, 0.717) is 11.4 Å². The minimum atomic E-state index is -1.01. The van der Waals surface area contributed by atoms with Crippen LogP contribution >= 0.6 is 11.6 Å². The molecule has 2 aromatic rings. The highest BCUT2D eigenvalue weighted by molar-refractivity contribution is 6.31.